The van der Waals surface area contributed by atoms with Crippen LogP contribution in [0.1, 0.15) is 28.4 Å². The highest BCUT2D eigenvalue weighted by Gasteiger charge is 2.13. The van der Waals surface area contributed by atoms with E-state index in [0.29, 0.717) is 16.9 Å². The van der Waals surface area contributed by atoms with Crippen LogP contribution >= 0.6 is 0 Å². The molecule has 0 aromatic heterocycles. The summed E-state index contributed by atoms with van der Waals surface area (Å²) in [7, 11) is 0. The Morgan fingerprint density at radius 1 is 0.931 bits per heavy atom. The molecule has 0 aliphatic rings. The van der Waals surface area contributed by atoms with Crippen LogP contribution in [0.25, 0.3) is 6.08 Å². The lowest BCUT2D eigenvalue weighted by molar-refractivity contribution is -0.132. The highest BCUT2D eigenvalue weighted by atomic mass is 16.5. The maximum atomic E-state index is 12.2. The van der Waals surface area contributed by atoms with Gasteiger partial charge in [-0.25, -0.2) is 4.79 Å². The molecule has 0 atom stereocenters. The Morgan fingerprint density at radius 3 is 2.24 bits per heavy atom. The summed E-state index contributed by atoms with van der Waals surface area (Å²) >= 11 is 0. The molecular weight excluding hydrogens is 366 g/mol. The second-order valence-electron chi connectivity index (χ2n) is 6.32. The normalized spacial score (nSPS) is 11.0. The molecule has 0 aliphatic carbocycles. The number of hydrogen-bond donors (Lipinski definition) is 2. The lowest BCUT2D eigenvalue weighted by Crippen LogP contribution is -2.27. The number of hydrogen-bond acceptors (Lipinski definition) is 3. The molecular formula is C24H21NO4. The third-order valence-corrected chi connectivity index (χ3v) is 4.29. The topological polar surface area (TPSA) is 75.6 Å². The fraction of sp³-hybridized carbons (Fsp3) is 0.0833. The van der Waals surface area contributed by atoms with Crippen LogP contribution in [0.4, 0.5) is 0 Å². The zero-order chi connectivity index (χ0) is 20.6. The third-order valence-electron chi connectivity index (χ3n) is 4.29. The molecule has 0 saturated carbocycles. The Hall–Kier alpha value is -3.86. The summed E-state index contributed by atoms with van der Waals surface area (Å²) in [5.74, 6) is -0.255. The molecule has 0 fully saturated rings. The van der Waals surface area contributed by atoms with Gasteiger partial charge in [-0.2, -0.15) is 0 Å². The van der Waals surface area contributed by atoms with Gasteiger partial charge in [0.15, 0.2) is 0 Å². The fourth-order valence-corrected chi connectivity index (χ4v) is 2.76. The number of carbonyl (C=O) groups is 2. The molecule has 0 unspecified atom stereocenters. The monoisotopic (exact) mass is 387 g/mol. The van der Waals surface area contributed by atoms with Crippen molar-refractivity contribution in [2.45, 2.75) is 13.3 Å². The van der Waals surface area contributed by atoms with Gasteiger partial charge < -0.3 is 15.2 Å². The van der Waals surface area contributed by atoms with E-state index in [1.165, 1.54) is 6.08 Å². The number of carboxylic acid groups (broad SMARTS) is 1. The van der Waals surface area contributed by atoms with Crippen molar-refractivity contribution in [3.8, 4) is 11.5 Å². The number of amides is 1. The second-order valence-corrected chi connectivity index (χ2v) is 6.32. The van der Waals surface area contributed by atoms with Crippen molar-refractivity contribution in [2.24, 2.45) is 0 Å². The van der Waals surface area contributed by atoms with Gasteiger partial charge in [-0.15, -0.1) is 0 Å². The Kier molecular flexibility index (Phi) is 6.43. The number of aryl methyl sites for hydroxylation is 1. The molecule has 0 heterocycles. The SMILES string of the molecule is CCc1ccccc1Oc1ccc(/C=C(/NC(=O)c2ccccc2)C(=O)O)cc1. The third kappa shape index (κ3) is 5.32. The summed E-state index contributed by atoms with van der Waals surface area (Å²) in [5.41, 5.74) is 1.92. The maximum absolute atomic E-state index is 12.2. The van der Waals surface area contributed by atoms with E-state index in [4.69, 9.17) is 4.74 Å². The van der Waals surface area contributed by atoms with Crippen LogP contribution in [0.5, 0.6) is 11.5 Å². The first-order chi connectivity index (χ1) is 14.1. The Bertz CT molecular complexity index is 1020. The average molecular weight is 387 g/mol. The minimum atomic E-state index is -1.22. The molecule has 3 aromatic carbocycles. The summed E-state index contributed by atoms with van der Waals surface area (Å²) in [4.78, 5) is 23.8. The zero-order valence-corrected chi connectivity index (χ0v) is 16.0. The van der Waals surface area contributed by atoms with Crippen LogP contribution in [0, 0.1) is 0 Å². The van der Waals surface area contributed by atoms with Crippen molar-refractivity contribution < 1.29 is 19.4 Å². The number of carboxylic acids is 1. The number of ether oxygens (including phenoxy) is 1. The first-order valence-electron chi connectivity index (χ1n) is 9.24. The van der Waals surface area contributed by atoms with Gasteiger partial charge in [0.2, 0.25) is 0 Å². The fourth-order valence-electron chi connectivity index (χ4n) is 2.76. The van der Waals surface area contributed by atoms with Gasteiger partial charge in [-0.1, -0.05) is 55.5 Å². The molecule has 1 amide bonds. The van der Waals surface area contributed by atoms with E-state index in [9.17, 15) is 14.7 Å². The number of benzene rings is 3. The van der Waals surface area contributed by atoms with Gasteiger partial charge in [0.05, 0.1) is 0 Å². The minimum absolute atomic E-state index is 0.205. The molecule has 2 N–H and O–H groups in total. The van der Waals surface area contributed by atoms with Crippen molar-refractivity contribution in [1.82, 2.24) is 5.32 Å². The molecule has 146 valence electrons. The molecule has 3 aromatic rings. The van der Waals surface area contributed by atoms with Crippen molar-refractivity contribution >= 4 is 18.0 Å². The van der Waals surface area contributed by atoms with Gasteiger partial charge in [0.25, 0.3) is 5.91 Å². The van der Waals surface area contributed by atoms with Crippen molar-refractivity contribution in [1.29, 1.82) is 0 Å². The van der Waals surface area contributed by atoms with Crippen molar-refractivity contribution in [3.63, 3.8) is 0 Å². The van der Waals surface area contributed by atoms with Crippen LogP contribution in [0.15, 0.2) is 84.6 Å². The standard InChI is InChI=1S/C24H21NO4/c1-2-18-8-6-7-11-22(18)29-20-14-12-17(13-15-20)16-21(24(27)28)25-23(26)19-9-4-3-5-10-19/h3-16H,2H2,1H3,(H,25,26)(H,27,28)/b21-16+. The largest absolute Gasteiger partial charge is 0.477 e. The number of para-hydroxylation sites is 1. The van der Waals surface area contributed by atoms with E-state index >= 15 is 0 Å². The van der Waals surface area contributed by atoms with Gasteiger partial charge in [0.1, 0.15) is 17.2 Å². The summed E-state index contributed by atoms with van der Waals surface area (Å²) < 4.78 is 5.92. The Morgan fingerprint density at radius 2 is 1.59 bits per heavy atom. The summed E-state index contributed by atoms with van der Waals surface area (Å²) in [6.07, 6.45) is 2.27. The van der Waals surface area contributed by atoms with Gasteiger partial charge >= 0.3 is 5.97 Å². The molecule has 5 heteroatoms. The Labute approximate surface area is 169 Å². The van der Waals surface area contributed by atoms with Crippen molar-refractivity contribution in [2.75, 3.05) is 0 Å². The number of nitrogens with one attached hydrogen (secondary N) is 1. The molecule has 29 heavy (non-hydrogen) atoms. The highest BCUT2D eigenvalue weighted by molar-refractivity contribution is 6.02. The van der Waals surface area contributed by atoms with E-state index in [-0.39, 0.29) is 5.70 Å². The van der Waals surface area contributed by atoms with Gasteiger partial charge in [0, 0.05) is 5.56 Å². The molecule has 5 nitrogen and oxygen atoms in total. The number of rotatable bonds is 7. The first-order valence-corrected chi connectivity index (χ1v) is 9.24. The van der Waals surface area contributed by atoms with Crippen LogP contribution < -0.4 is 10.1 Å². The quantitative estimate of drug-likeness (QED) is 0.566. The van der Waals surface area contributed by atoms with Crippen LogP contribution in [-0.4, -0.2) is 17.0 Å². The lowest BCUT2D eigenvalue weighted by Gasteiger charge is -2.10. The molecule has 0 bridgehead atoms. The number of aliphatic carboxylic acids is 1. The molecule has 0 saturated heterocycles. The maximum Gasteiger partial charge on any atom is 0.352 e. The molecule has 3 rings (SSSR count). The van der Waals surface area contributed by atoms with Gasteiger partial charge in [-0.05, 0) is 54.0 Å². The van der Waals surface area contributed by atoms with E-state index in [1.54, 1.807) is 54.6 Å². The predicted molar refractivity (Wildman–Crippen MR) is 112 cm³/mol. The summed E-state index contributed by atoms with van der Waals surface area (Å²) in [6.45, 7) is 2.06. The Balaban J connectivity index is 1.75. The smallest absolute Gasteiger partial charge is 0.352 e. The van der Waals surface area contributed by atoms with E-state index < -0.39 is 11.9 Å². The number of carbonyl (C=O) groups excluding carboxylic acids is 1. The average Bonchev–Trinajstić information content (AvgIpc) is 2.75. The van der Waals surface area contributed by atoms with E-state index in [2.05, 4.69) is 12.2 Å². The van der Waals surface area contributed by atoms with Crippen LogP contribution in [-0.2, 0) is 11.2 Å². The van der Waals surface area contributed by atoms with E-state index in [1.807, 2.05) is 24.3 Å². The highest BCUT2D eigenvalue weighted by Crippen LogP contribution is 2.26. The zero-order valence-electron chi connectivity index (χ0n) is 16.0. The molecule has 0 spiro atoms. The summed E-state index contributed by atoms with van der Waals surface area (Å²) in [6, 6.07) is 23.3. The summed E-state index contributed by atoms with van der Waals surface area (Å²) in [5, 5.41) is 11.9. The van der Waals surface area contributed by atoms with Crippen LogP contribution in [0.2, 0.25) is 0 Å². The first kappa shape index (κ1) is 19.9. The minimum Gasteiger partial charge on any atom is -0.477 e. The second kappa shape index (κ2) is 9.37. The van der Waals surface area contributed by atoms with Gasteiger partial charge in [-0.3, -0.25) is 4.79 Å². The lowest BCUT2D eigenvalue weighted by atomic mass is 10.1. The molecule has 0 aliphatic heterocycles. The van der Waals surface area contributed by atoms with Crippen LogP contribution in [0.3, 0.4) is 0 Å². The molecule has 0 radical (unpaired) electrons. The van der Waals surface area contributed by atoms with Crippen molar-refractivity contribution in [3.05, 3.63) is 101 Å². The predicted octanol–water partition coefficient (Wildman–Crippen LogP) is 4.90. The van der Waals surface area contributed by atoms with E-state index in [0.717, 1.165) is 17.7 Å².